The van der Waals surface area contributed by atoms with Crippen LogP contribution < -0.4 is 0 Å². The van der Waals surface area contributed by atoms with E-state index in [1.165, 1.54) is 0 Å². The number of Topliss-reactive ketones (excluding diaryl/α,β-unsaturated/α-hetero) is 1. The number of carbonyl (C=O) groups excluding carboxylic acids is 1. The Labute approximate surface area is 126 Å². The topological polar surface area (TPSA) is 67.5 Å². The third-order valence-corrected chi connectivity index (χ3v) is 4.18. The zero-order valence-electron chi connectivity index (χ0n) is 11.9. The van der Waals surface area contributed by atoms with Crippen LogP contribution in [-0.4, -0.2) is 26.5 Å². The molecule has 1 aliphatic rings. The maximum atomic E-state index is 12.1. The summed E-state index contributed by atoms with van der Waals surface area (Å²) in [5.74, 6) is -0.194. The molecule has 0 spiro atoms. The Morgan fingerprint density at radius 2 is 1.95 bits per heavy atom. The summed E-state index contributed by atoms with van der Waals surface area (Å²) < 4.78 is 1.83. The molecule has 1 aromatic heterocycles. The molecule has 0 saturated carbocycles. The van der Waals surface area contributed by atoms with Gasteiger partial charge in [-0.1, -0.05) is 29.4 Å². The van der Waals surface area contributed by atoms with E-state index in [4.69, 9.17) is 5.21 Å². The van der Waals surface area contributed by atoms with Crippen LogP contribution in [0.5, 0.6) is 0 Å². The van der Waals surface area contributed by atoms with E-state index < -0.39 is 0 Å². The Morgan fingerprint density at radius 3 is 2.77 bits per heavy atom. The largest absolute Gasteiger partial charge is 0.411 e. The number of nitrogens with zero attached hydrogens (tertiary/aromatic N) is 3. The molecule has 0 bridgehead atoms. The van der Waals surface area contributed by atoms with E-state index in [0.717, 1.165) is 27.6 Å². The number of aromatic nitrogens is 2. The summed E-state index contributed by atoms with van der Waals surface area (Å²) in [7, 11) is 1.91. The second-order valence-corrected chi connectivity index (χ2v) is 5.47. The summed E-state index contributed by atoms with van der Waals surface area (Å²) in [6.45, 7) is 0. The summed E-state index contributed by atoms with van der Waals surface area (Å²) >= 11 is 0. The normalized spacial score (nSPS) is 15.7. The second-order valence-electron chi connectivity index (χ2n) is 5.47. The van der Waals surface area contributed by atoms with Gasteiger partial charge in [0.05, 0.1) is 11.7 Å². The van der Waals surface area contributed by atoms with E-state index >= 15 is 0 Å². The fourth-order valence-electron chi connectivity index (χ4n) is 2.94. The summed E-state index contributed by atoms with van der Waals surface area (Å²) in [5, 5.41) is 17.3. The van der Waals surface area contributed by atoms with Gasteiger partial charge in [0, 0.05) is 24.4 Å². The van der Waals surface area contributed by atoms with E-state index in [0.29, 0.717) is 12.0 Å². The van der Waals surface area contributed by atoms with Crippen molar-refractivity contribution in [1.82, 2.24) is 9.78 Å². The average Bonchev–Trinajstić information content (AvgIpc) is 3.07. The number of ketones is 1. The Kier molecular flexibility index (Phi) is 2.63. The first-order valence-corrected chi connectivity index (χ1v) is 6.98. The first kappa shape index (κ1) is 12.8. The van der Waals surface area contributed by atoms with Gasteiger partial charge in [-0.2, -0.15) is 5.10 Å². The maximum Gasteiger partial charge on any atom is 0.211 e. The summed E-state index contributed by atoms with van der Waals surface area (Å²) in [6.07, 6.45) is 2.22. The quantitative estimate of drug-likeness (QED) is 0.553. The number of oxime groups is 1. The molecule has 108 valence electrons. The molecule has 0 unspecified atom stereocenters. The van der Waals surface area contributed by atoms with Crippen LogP contribution >= 0.6 is 0 Å². The van der Waals surface area contributed by atoms with Crippen molar-refractivity contribution in [2.75, 3.05) is 0 Å². The molecule has 3 aromatic rings. The van der Waals surface area contributed by atoms with Crippen molar-refractivity contribution in [2.45, 2.75) is 6.42 Å². The highest BCUT2D eigenvalue weighted by Crippen LogP contribution is 2.29. The molecule has 0 amide bonds. The van der Waals surface area contributed by atoms with Gasteiger partial charge in [0.15, 0.2) is 0 Å². The molecular weight excluding hydrogens is 278 g/mol. The van der Waals surface area contributed by atoms with Gasteiger partial charge < -0.3 is 5.21 Å². The van der Waals surface area contributed by atoms with Crippen molar-refractivity contribution in [3.63, 3.8) is 0 Å². The first-order valence-electron chi connectivity index (χ1n) is 6.98. The van der Waals surface area contributed by atoms with Gasteiger partial charge in [-0.05, 0) is 28.8 Å². The van der Waals surface area contributed by atoms with E-state index in [2.05, 4.69) is 16.3 Å². The number of aryl methyl sites for hydroxylation is 1. The van der Waals surface area contributed by atoms with E-state index in [1.807, 2.05) is 48.3 Å². The number of hydrogen-bond donors (Lipinski definition) is 1. The number of rotatable bonds is 1. The van der Waals surface area contributed by atoms with Crippen LogP contribution in [0.4, 0.5) is 0 Å². The van der Waals surface area contributed by atoms with Crippen molar-refractivity contribution in [1.29, 1.82) is 0 Å². The van der Waals surface area contributed by atoms with Crippen molar-refractivity contribution in [2.24, 2.45) is 12.2 Å². The molecule has 0 saturated heterocycles. The number of fused-ring (bicyclic) bond motifs is 2. The highest BCUT2D eigenvalue weighted by atomic mass is 16.4. The van der Waals surface area contributed by atoms with Crippen LogP contribution in [0.1, 0.15) is 15.9 Å². The van der Waals surface area contributed by atoms with Crippen LogP contribution in [0.2, 0.25) is 0 Å². The molecule has 22 heavy (non-hydrogen) atoms. The van der Waals surface area contributed by atoms with Crippen LogP contribution in [0, 0.1) is 0 Å². The van der Waals surface area contributed by atoms with Gasteiger partial charge in [0.1, 0.15) is 5.71 Å². The molecule has 0 aliphatic heterocycles. The van der Waals surface area contributed by atoms with E-state index in [9.17, 15) is 4.79 Å². The van der Waals surface area contributed by atoms with Gasteiger partial charge in [-0.3, -0.25) is 9.48 Å². The molecule has 1 aliphatic carbocycles. The number of hydrogen-bond acceptors (Lipinski definition) is 4. The molecule has 5 nitrogen and oxygen atoms in total. The molecule has 1 heterocycles. The Morgan fingerprint density at radius 1 is 1.18 bits per heavy atom. The monoisotopic (exact) mass is 291 g/mol. The molecule has 4 rings (SSSR count). The predicted molar refractivity (Wildman–Crippen MR) is 83.4 cm³/mol. The average molecular weight is 291 g/mol. The van der Waals surface area contributed by atoms with Crippen molar-refractivity contribution in [3.8, 4) is 11.1 Å². The lowest BCUT2D eigenvalue weighted by molar-refractivity contribution is 0.106. The lowest BCUT2D eigenvalue weighted by atomic mass is 9.99. The summed E-state index contributed by atoms with van der Waals surface area (Å²) in [6, 6.07) is 11.9. The maximum absolute atomic E-state index is 12.1. The van der Waals surface area contributed by atoms with Crippen molar-refractivity contribution >= 4 is 22.4 Å². The first-order chi connectivity index (χ1) is 10.7. The smallest absolute Gasteiger partial charge is 0.211 e. The molecule has 0 atom stereocenters. The van der Waals surface area contributed by atoms with E-state index in [1.54, 1.807) is 0 Å². The number of carbonyl (C=O) groups is 1. The third kappa shape index (κ3) is 1.75. The molecule has 1 N–H and O–H groups in total. The number of benzene rings is 2. The van der Waals surface area contributed by atoms with Gasteiger partial charge in [-0.15, -0.1) is 0 Å². The fraction of sp³-hybridized carbons (Fsp3) is 0.118. The van der Waals surface area contributed by atoms with Gasteiger partial charge in [0.25, 0.3) is 0 Å². The standard InChI is InChI=1S/C17H13N3O2/c1-20-16-8-11(3-5-13(16)9-18-20)10-2-4-12-7-15(19-22)17(21)14(12)6-10/h2-6,8-9,22H,7H2,1H3/b19-15-. The zero-order chi connectivity index (χ0) is 15.3. The SMILES string of the molecule is Cn1ncc2ccc(-c3ccc4c(c3)C(=O)/C(=N\O)C4)cc21. The predicted octanol–water partition coefficient (Wildman–Crippen LogP) is 2.81. The fourth-order valence-corrected chi connectivity index (χ4v) is 2.94. The zero-order valence-corrected chi connectivity index (χ0v) is 11.9. The van der Waals surface area contributed by atoms with E-state index in [-0.39, 0.29) is 11.5 Å². The minimum atomic E-state index is -0.194. The third-order valence-electron chi connectivity index (χ3n) is 4.18. The molecule has 5 heteroatoms. The Balaban J connectivity index is 1.85. The summed E-state index contributed by atoms with van der Waals surface area (Å²) in [4.78, 5) is 12.1. The molecular formula is C17H13N3O2. The molecule has 0 radical (unpaired) electrons. The molecule has 0 fully saturated rings. The lowest BCUT2D eigenvalue weighted by Gasteiger charge is -2.05. The highest BCUT2D eigenvalue weighted by Gasteiger charge is 2.27. The Bertz CT molecular complexity index is 954. The van der Waals surface area contributed by atoms with Crippen molar-refractivity contribution < 1.29 is 10.0 Å². The minimum Gasteiger partial charge on any atom is -0.411 e. The van der Waals surface area contributed by atoms with Crippen LogP contribution in [0.15, 0.2) is 47.8 Å². The lowest BCUT2D eigenvalue weighted by Crippen LogP contribution is -2.06. The van der Waals surface area contributed by atoms with Gasteiger partial charge in [0.2, 0.25) is 5.78 Å². The van der Waals surface area contributed by atoms with Crippen molar-refractivity contribution in [3.05, 3.63) is 53.7 Å². The van der Waals surface area contributed by atoms with Crippen LogP contribution in [-0.2, 0) is 13.5 Å². The van der Waals surface area contributed by atoms with Gasteiger partial charge >= 0.3 is 0 Å². The second kappa shape index (κ2) is 4.53. The van der Waals surface area contributed by atoms with Gasteiger partial charge in [-0.25, -0.2) is 0 Å². The highest BCUT2D eigenvalue weighted by molar-refractivity contribution is 6.49. The van der Waals surface area contributed by atoms with Crippen LogP contribution in [0.25, 0.3) is 22.0 Å². The Hall–Kier alpha value is -2.95. The molecule has 2 aromatic carbocycles. The van der Waals surface area contributed by atoms with Crippen LogP contribution in [0.3, 0.4) is 0 Å². The summed E-state index contributed by atoms with van der Waals surface area (Å²) in [5.41, 5.74) is 4.77. The minimum absolute atomic E-state index is 0.194.